The summed E-state index contributed by atoms with van der Waals surface area (Å²) in [6, 6.07) is 11.8. The molecule has 4 rings (SSSR count). The van der Waals surface area contributed by atoms with Crippen molar-refractivity contribution >= 4 is 11.8 Å². The predicted molar refractivity (Wildman–Crippen MR) is 98.2 cm³/mol. The number of benzene rings is 1. The van der Waals surface area contributed by atoms with Crippen LogP contribution < -0.4 is 10.6 Å². The molecule has 0 aliphatic carbocycles. The van der Waals surface area contributed by atoms with Crippen molar-refractivity contribution in [1.82, 2.24) is 14.9 Å². The Kier molecular flexibility index (Phi) is 4.31. The molecular formula is C19H25N5O. The predicted octanol–water partition coefficient (Wildman–Crippen LogP) is 1.62. The van der Waals surface area contributed by atoms with E-state index in [0.717, 1.165) is 18.7 Å². The minimum absolute atomic E-state index is 0.0242. The van der Waals surface area contributed by atoms with E-state index in [1.54, 1.807) is 12.3 Å². The van der Waals surface area contributed by atoms with Gasteiger partial charge in [-0.1, -0.05) is 30.3 Å². The number of aliphatic hydroxyl groups is 1. The van der Waals surface area contributed by atoms with Crippen molar-refractivity contribution in [3.05, 3.63) is 48.2 Å². The van der Waals surface area contributed by atoms with Crippen molar-refractivity contribution in [2.75, 3.05) is 36.8 Å². The van der Waals surface area contributed by atoms with Crippen molar-refractivity contribution in [1.29, 1.82) is 0 Å². The van der Waals surface area contributed by atoms with E-state index in [1.165, 1.54) is 12.8 Å². The summed E-state index contributed by atoms with van der Waals surface area (Å²) >= 11 is 0. The first-order valence-corrected chi connectivity index (χ1v) is 9.02. The molecule has 0 saturated carbocycles. The van der Waals surface area contributed by atoms with Crippen LogP contribution in [0.4, 0.5) is 11.8 Å². The van der Waals surface area contributed by atoms with Crippen molar-refractivity contribution in [2.24, 2.45) is 0 Å². The SMILES string of the molecule is Nc1ccnc(N2CC[C@](O)(c3ccccc3)[C@H](N3CCCC3)C2)n1. The lowest BCUT2D eigenvalue weighted by Crippen LogP contribution is -2.60. The summed E-state index contributed by atoms with van der Waals surface area (Å²) in [5.41, 5.74) is 5.98. The van der Waals surface area contributed by atoms with Crippen LogP contribution in [0.2, 0.25) is 0 Å². The maximum Gasteiger partial charge on any atom is 0.227 e. The van der Waals surface area contributed by atoms with Crippen LogP contribution in [-0.4, -0.2) is 52.2 Å². The van der Waals surface area contributed by atoms with E-state index in [0.29, 0.717) is 31.3 Å². The minimum Gasteiger partial charge on any atom is -0.384 e. The second-order valence-electron chi connectivity index (χ2n) is 7.03. The Labute approximate surface area is 148 Å². The first-order chi connectivity index (χ1) is 12.2. The first-order valence-electron chi connectivity index (χ1n) is 9.02. The number of nitrogens with zero attached hydrogens (tertiary/aromatic N) is 4. The van der Waals surface area contributed by atoms with Crippen molar-refractivity contribution < 1.29 is 5.11 Å². The number of nitrogen functional groups attached to an aromatic ring is 1. The minimum atomic E-state index is -0.845. The van der Waals surface area contributed by atoms with Gasteiger partial charge in [-0.05, 0) is 44.0 Å². The topological polar surface area (TPSA) is 78.5 Å². The molecule has 2 aromatic rings. The molecule has 2 atom stereocenters. The highest BCUT2D eigenvalue weighted by Gasteiger charge is 2.46. The normalized spacial score (nSPS) is 27.6. The average Bonchev–Trinajstić information content (AvgIpc) is 3.17. The molecule has 6 heteroatoms. The maximum absolute atomic E-state index is 11.6. The van der Waals surface area contributed by atoms with Gasteiger partial charge in [0.05, 0.1) is 6.04 Å². The lowest BCUT2D eigenvalue weighted by molar-refractivity contribution is -0.0604. The third-order valence-electron chi connectivity index (χ3n) is 5.51. The van der Waals surface area contributed by atoms with Crippen LogP contribution >= 0.6 is 0 Å². The van der Waals surface area contributed by atoms with E-state index in [9.17, 15) is 5.11 Å². The molecule has 0 amide bonds. The van der Waals surface area contributed by atoms with Gasteiger partial charge in [0.15, 0.2) is 0 Å². The number of hydrogen-bond acceptors (Lipinski definition) is 6. The monoisotopic (exact) mass is 339 g/mol. The van der Waals surface area contributed by atoms with Crippen LogP contribution in [0.3, 0.4) is 0 Å². The van der Waals surface area contributed by atoms with Gasteiger partial charge < -0.3 is 15.7 Å². The Hall–Kier alpha value is -2.18. The van der Waals surface area contributed by atoms with Crippen molar-refractivity contribution in [2.45, 2.75) is 30.9 Å². The van der Waals surface area contributed by atoms with Gasteiger partial charge in [-0.15, -0.1) is 0 Å². The number of piperidine rings is 1. The van der Waals surface area contributed by atoms with E-state index >= 15 is 0 Å². The fourth-order valence-electron chi connectivity index (χ4n) is 4.15. The zero-order chi connectivity index (χ0) is 17.3. The van der Waals surface area contributed by atoms with E-state index in [4.69, 9.17) is 5.73 Å². The average molecular weight is 339 g/mol. The molecule has 0 spiro atoms. The number of likely N-dealkylation sites (tertiary alicyclic amines) is 1. The zero-order valence-corrected chi connectivity index (χ0v) is 14.4. The second-order valence-corrected chi connectivity index (χ2v) is 7.03. The van der Waals surface area contributed by atoms with Crippen LogP contribution in [0.5, 0.6) is 0 Å². The van der Waals surface area contributed by atoms with Crippen LogP contribution in [0.25, 0.3) is 0 Å². The molecule has 3 N–H and O–H groups in total. The van der Waals surface area contributed by atoms with Gasteiger partial charge in [-0.3, -0.25) is 4.90 Å². The van der Waals surface area contributed by atoms with Crippen molar-refractivity contribution in [3.63, 3.8) is 0 Å². The van der Waals surface area contributed by atoms with E-state index in [-0.39, 0.29) is 6.04 Å². The summed E-state index contributed by atoms with van der Waals surface area (Å²) in [4.78, 5) is 13.3. The molecule has 25 heavy (non-hydrogen) atoms. The molecule has 0 bridgehead atoms. The highest BCUT2D eigenvalue weighted by Crippen LogP contribution is 2.38. The molecule has 2 fully saturated rings. The summed E-state index contributed by atoms with van der Waals surface area (Å²) in [5, 5.41) is 11.6. The van der Waals surface area contributed by atoms with Crippen LogP contribution in [0.1, 0.15) is 24.8 Å². The van der Waals surface area contributed by atoms with Crippen LogP contribution in [0, 0.1) is 0 Å². The second kappa shape index (κ2) is 6.61. The smallest absolute Gasteiger partial charge is 0.227 e. The fourth-order valence-corrected chi connectivity index (χ4v) is 4.15. The molecule has 0 unspecified atom stereocenters. The van der Waals surface area contributed by atoms with Gasteiger partial charge in [0.25, 0.3) is 0 Å². The molecular weight excluding hydrogens is 314 g/mol. The fraction of sp³-hybridized carbons (Fsp3) is 0.474. The standard InChI is InChI=1S/C19H25N5O/c20-17-8-10-21-18(22-17)24-13-9-19(25,15-6-2-1-3-7-15)16(14-24)23-11-4-5-12-23/h1-3,6-8,10,16,25H,4-5,9,11-14H2,(H2,20,21,22)/t16-,19+/m1/s1. The lowest BCUT2D eigenvalue weighted by Gasteiger charge is -2.48. The molecule has 2 saturated heterocycles. The molecule has 3 heterocycles. The van der Waals surface area contributed by atoms with Gasteiger partial charge >= 0.3 is 0 Å². The molecule has 1 aromatic carbocycles. The zero-order valence-electron chi connectivity index (χ0n) is 14.4. The Morgan fingerprint density at radius 2 is 1.84 bits per heavy atom. The molecule has 2 aliphatic heterocycles. The molecule has 132 valence electrons. The molecule has 1 aromatic heterocycles. The van der Waals surface area contributed by atoms with E-state index in [1.807, 2.05) is 30.3 Å². The third-order valence-corrected chi connectivity index (χ3v) is 5.51. The number of rotatable bonds is 3. The van der Waals surface area contributed by atoms with Gasteiger partial charge in [-0.25, -0.2) is 4.98 Å². The quantitative estimate of drug-likeness (QED) is 0.885. The summed E-state index contributed by atoms with van der Waals surface area (Å²) in [6.07, 6.45) is 4.73. The van der Waals surface area contributed by atoms with Crippen molar-refractivity contribution in [3.8, 4) is 0 Å². The molecule has 0 radical (unpaired) electrons. The van der Waals surface area contributed by atoms with Gasteiger partial charge in [0.1, 0.15) is 11.4 Å². The van der Waals surface area contributed by atoms with Gasteiger partial charge in [-0.2, -0.15) is 4.98 Å². The Bertz CT molecular complexity index is 719. The number of nitrogens with two attached hydrogens (primary N) is 1. The van der Waals surface area contributed by atoms with Gasteiger partial charge in [0.2, 0.25) is 5.95 Å². The molecule has 6 nitrogen and oxygen atoms in total. The highest BCUT2D eigenvalue weighted by molar-refractivity contribution is 5.40. The lowest BCUT2D eigenvalue weighted by atomic mass is 9.79. The first kappa shape index (κ1) is 16.3. The third kappa shape index (κ3) is 3.07. The summed E-state index contributed by atoms with van der Waals surface area (Å²) in [6.45, 7) is 3.48. The van der Waals surface area contributed by atoms with E-state index in [2.05, 4.69) is 19.8 Å². The molecule has 2 aliphatic rings. The van der Waals surface area contributed by atoms with Crippen LogP contribution in [0.15, 0.2) is 42.6 Å². The summed E-state index contributed by atoms with van der Waals surface area (Å²) in [7, 11) is 0. The summed E-state index contributed by atoms with van der Waals surface area (Å²) < 4.78 is 0. The maximum atomic E-state index is 11.6. The Morgan fingerprint density at radius 1 is 1.08 bits per heavy atom. The van der Waals surface area contributed by atoms with Gasteiger partial charge in [0, 0.05) is 19.3 Å². The summed E-state index contributed by atoms with van der Waals surface area (Å²) in [5.74, 6) is 1.13. The van der Waals surface area contributed by atoms with E-state index < -0.39 is 5.60 Å². The highest BCUT2D eigenvalue weighted by atomic mass is 16.3. The largest absolute Gasteiger partial charge is 0.384 e. The Balaban J connectivity index is 1.66. The van der Waals surface area contributed by atoms with Crippen LogP contribution in [-0.2, 0) is 5.60 Å². The number of anilines is 2. The Morgan fingerprint density at radius 3 is 2.56 bits per heavy atom. The number of aromatic nitrogens is 2. The number of hydrogen-bond donors (Lipinski definition) is 2.